The van der Waals surface area contributed by atoms with E-state index in [0.717, 1.165) is 139 Å². The molecule has 134 heavy (non-hydrogen) atoms. The van der Waals surface area contributed by atoms with Crippen molar-refractivity contribution in [3.8, 4) is 0 Å². The van der Waals surface area contributed by atoms with Crippen molar-refractivity contribution in [2.45, 2.75) is 293 Å². The Kier molecular flexibility index (Phi) is 52.9. The third-order valence-corrected chi connectivity index (χ3v) is 28.2. The van der Waals surface area contributed by atoms with Crippen LogP contribution in [-0.2, 0) is 102 Å². The van der Waals surface area contributed by atoms with Gasteiger partial charge in [0.2, 0.25) is 6.79 Å². The summed E-state index contributed by atoms with van der Waals surface area (Å²) in [5.74, 6) is 2.17. The number of nitrogens with one attached hydrogen (secondary N) is 13. The average Bonchev–Trinajstić information content (AvgIpc) is 1.68. The number of hydrogen-bond acceptors (Lipinski definition) is 33. The van der Waals surface area contributed by atoms with Gasteiger partial charge in [0.1, 0.15) is 35.3 Å². The van der Waals surface area contributed by atoms with Crippen molar-refractivity contribution < 1.29 is 87.2 Å². The van der Waals surface area contributed by atoms with Crippen LogP contribution in [-0.4, -0.2) is 232 Å². The first-order chi connectivity index (χ1) is 65.8. The molecule has 33 nitrogen and oxygen atoms in total. The van der Waals surface area contributed by atoms with Gasteiger partial charge in [-0.1, -0.05) is 111 Å². The predicted octanol–water partition coefficient (Wildman–Crippen LogP) is 12.6. The number of benzene rings is 2. The number of carbonyl (C=O) groups excluding carboxylic acids is 4. The molecule has 6 fully saturated rings. The van der Waals surface area contributed by atoms with Crippen LogP contribution in [0.3, 0.4) is 0 Å². The van der Waals surface area contributed by atoms with Crippen molar-refractivity contribution in [2.24, 2.45) is 5.73 Å². The number of hydrogen-bond donors (Lipinski definition) is 14. The van der Waals surface area contributed by atoms with Crippen molar-refractivity contribution in [1.82, 2.24) is 114 Å². The fourth-order valence-electron chi connectivity index (χ4n) is 18.8. The fraction of sp³-hybridized carbons (Fsp3) is 0.652. The number of amides is 1. The number of ether oxygens (including phenoxy) is 4. The molecule has 2 aromatic carbocycles. The Morgan fingerprint density at radius 3 is 0.963 bits per heavy atom. The first-order valence-electron chi connectivity index (χ1n) is 47.1. The van der Waals surface area contributed by atoms with Crippen LogP contribution < -0.4 is 84.5 Å². The zero-order chi connectivity index (χ0) is 94.0. The minimum atomic E-state index is -1.15. The van der Waals surface area contributed by atoms with Crippen molar-refractivity contribution in [3.63, 3.8) is 0 Å². The van der Waals surface area contributed by atoms with Gasteiger partial charge in [-0.3, -0.25) is 29.4 Å². The van der Waals surface area contributed by atoms with Gasteiger partial charge in [0.15, 0.2) is 0 Å². The molecule has 0 unspecified atom stereocenters. The van der Waals surface area contributed by atoms with Gasteiger partial charge in [0.25, 0.3) is 0 Å². The van der Waals surface area contributed by atoms with E-state index in [9.17, 15) is 19.2 Å². The molecule has 0 saturated heterocycles. The predicted molar refractivity (Wildman–Crippen MR) is 520 cm³/mol. The van der Waals surface area contributed by atoms with Crippen LogP contribution in [0.5, 0.6) is 0 Å². The molecule has 15 N–H and O–H groups in total. The van der Waals surface area contributed by atoms with Gasteiger partial charge in [-0.05, 0) is 160 Å². The molecule has 12 atom stereocenters. The fourth-order valence-corrected chi connectivity index (χ4v) is 21.4. The van der Waals surface area contributed by atoms with Crippen LogP contribution in [0, 0.1) is 0 Å². The van der Waals surface area contributed by atoms with Gasteiger partial charge in [0.05, 0.1) is 34.2 Å². The molecule has 0 spiro atoms. The Balaban J connectivity index is 0.000000214. The third kappa shape index (κ3) is 39.6. The number of esters is 1. The molecule has 3 aliphatic heterocycles. The minimum absolute atomic E-state index is 0.00694. The number of rotatable bonds is 19. The van der Waals surface area contributed by atoms with E-state index in [2.05, 4.69) is 136 Å². The number of carbonyl (C=O) groups is 4. The van der Waals surface area contributed by atoms with Crippen molar-refractivity contribution in [1.29, 1.82) is 0 Å². The Hall–Kier alpha value is -4.20. The third-order valence-electron chi connectivity index (χ3n) is 25.1. The molecule has 0 radical (unpaired) electrons. The summed E-state index contributed by atoms with van der Waals surface area (Å²) < 4.78 is 20.0. The zero-order valence-corrected chi connectivity index (χ0v) is 86.4. The van der Waals surface area contributed by atoms with Crippen LogP contribution in [0.4, 0.5) is 14.4 Å². The van der Waals surface area contributed by atoms with Gasteiger partial charge in [-0.2, -0.15) is 0 Å². The van der Waals surface area contributed by atoms with E-state index in [1.54, 1.807) is 72.1 Å². The van der Waals surface area contributed by atoms with Crippen molar-refractivity contribution in [2.75, 3.05) is 89.6 Å². The maximum absolute atomic E-state index is 12.6. The number of thioether (sulfide) groups is 3. The Labute approximate surface area is 844 Å². The molecule has 5 aromatic heterocycles. The Bertz CT molecular complexity index is 4210. The second kappa shape index (κ2) is 64.4. The molecule has 9 aliphatic rings. The molecular weight excluding hydrogens is 2020 g/mol. The Morgan fingerprint density at radius 2 is 0.657 bits per heavy atom. The standard InChI is InChI=1S/C51H83N11O4S2.C23H40N6S.C15H10N6O6.6ClH.3Mn/c63-50(18-9-26-67-40-28-36-32-57-46-14-5-1-10-42(46)52-19-20-53-43-11-2-6-15-47(43)58-33-37(29-40)61-36)65-24-25-66-51(64)56-23-27-68-41-30-38-34-59-48-16-7-3-12-44(48)54-21-22-55-45-13-4-8-17-49(45)60-35-39(31-41)62-38;24-9-12-30-19-13-17-15-27-22-7-3-1-5-20(22)25-10-11-26-21-6-2-4-8-23(21)28-16-18(14-19)29-17;22-14(26-20-12-7-3-1-5-10(12)16-18-20)24-9-25-15(23)27-21-13-8-4-2-6-11(13)17-19-21;;;;;;;;;/h28-31,42-49,52-55,57-60H,1-27,32-35H2,(H,56,64);13-14,20-23,25-28H,1-12,15-16,24H2;1-8H,9H2;6*1H;;;/q;;;;;;;;;3*+2/p-6/t42-,43-,44-,45-,46-,47-,48-,49-;20-,21-,22-,23-;;;;;;;;;;/m11........../s1. The molecule has 7 aromatic rings. The van der Waals surface area contributed by atoms with Gasteiger partial charge < -0.3 is 93.8 Å². The SMILES string of the molecule is NCCSc1cc2nc(c1)CN[C@@H]1CCCC[C@H]1NCCN[C@@H]1CCCC[C@H]1NC2.O=C(CCCSc1cc2nc(c1)CN[C@@H]1CCCC[C@H]1NCCN[C@@H]1CCCC[C@H]1NC2)OCCOC(=O)NCCSc1cc2nc(c1)CN[C@@H]1CCCC[C@H]1NCCN[C@@H]1CCCC[C@H]1NC2.O=C(OCOC(=O)On1nnc2ccccc21)On1nnc2ccccc21.[Cl][Mn][Cl].[Cl][Mn][Cl].[Cl][Mn][Cl]. The molecule has 6 bridgehead atoms. The summed E-state index contributed by atoms with van der Waals surface area (Å²) in [6.07, 6.45) is 28.4. The zero-order valence-electron chi connectivity index (χ0n) is 75.8. The normalized spacial score (nSPS) is 24.1. The Morgan fingerprint density at radius 1 is 0.381 bits per heavy atom. The molecule has 45 heteroatoms. The summed E-state index contributed by atoms with van der Waals surface area (Å²) in [7, 11) is 28.8. The molecule has 6 saturated carbocycles. The topological polar surface area (TPSA) is 406 Å². The number of nitrogens with zero attached hydrogens (tertiary/aromatic N) is 9. The molecule has 8 heterocycles. The summed E-state index contributed by atoms with van der Waals surface area (Å²) in [6, 6.07) is 33.0. The summed E-state index contributed by atoms with van der Waals surface area (Å²) in [6.45, 7) is 11.3. The van der Waals surface area contributed by atoms with Gasteiger partial charge in [-0.15, -0.1) is 45.5 Å². The number of fused-ring (bicyclic) bond motifs is 14. The van der Waals surface area contributed by atoms with E-state index in [-0.39, 0.29) is 58.6 Å². The summed E-state index contributed by atoms with van der Waals surface area (Å²) in [4.78, 5) is 78.8. The van der Waals surface area contributed by atoms with E-state index in [0.29, 0.717) is 126 Å². The molecule has 745 valence electrons. The monoisotopic (exact) mass is 2150 g/mol. The number of halogens is 6. The molecule has 6 aliphatic carbocycles. The molecule has 1 amide bonds. The first-order valence-corrected chi connectivity index (χ1v) is 59.8. The number of pyridine rings is 3. The summed E-state index contributed by atoms with van der Waals surface area (Å²) in [5.41, 5.74) is 14.3. The number of para-hydroxylation sites is 2. The number of alkyl carbamates (subject to hydrolysis) is 1. The van der Waals surface area contributed by atoms with E-state index < -0.39 is 25.2 Å². The quantitative estimate of drug-likeness (QED) is 0.00680. The van der Waals surface area contributed by atoms with Gasteiger partial charge >= 0.3 is 124 Å². The average molecular weight is 2160 g/mol. The van der Waals surface area contributed by atoms with Crippen molar-refractivity contribution >= 4 is 142 Å². The number of aromatic nitrogens is 9. The molecular formula is C89H133Cl6Mn3N23O10S3. The summed E-state index contributed by atoms with van der Waals surface area (Å²) >= 11 is 5.36. The van der Waals surface area contributed by atoms with Gasteiger partial charge in [-0.25, -0.2) is 14.4 Å². The van der Waals surface area contributed by atoms with Crippen LogP contribution in [0.1, 0.15) is 201 Å². The van der Waals surface area contributed by atoms with E-state index in [1.807, 2.05) is 11.8 Å². The summed E-state index contributed by atoms with van der Waals surface area (Å²) in [5, 5.41) is 64.0. The van der Waals surface area contributed by atoms with Crippen LogP contribution in [0.25, 0.3) is 22.1 Å². The number of nitrogens with two attached hydrogens (primary N) is 1. The van der Waals surface area contributed by atoms with Crippen molar-refractivity contribution in [3.05, 3.63) is 119 Å². The second-order valence-electron chi connectivity index (χ2n) is 34.2. The van der Waals surface area contributed by atoms with E-state index in [4.69, 9.17) is 100 Å². The van der Waals surface area contributed by atoms with Crippen LogP contribution in [0.2, 0.25) is 0 Å². The van der Waals surface area contributed by atoms with Crippen LogP contribution in [0.15, 0.2) is 99.6 Å². The maximum atomic E-state index is 12.6. The van der Waals surface area contributed by atoms with Crippen LogP contribution >= 0.6 is 95.9 Å². The molecule has 16 rings (SSSR count). The second-order valence-corrected chi connectivity index (χ2v) is 43.6. The first kappa shape index (κ1) is 110. The van der Waals surface area contributed by atoms with E-state index >= 15 is 0 Å². The van der Waals surface area contributed by atoms with E-state index in [1.165, 1.54) is 164 Å². The van der Waals surface area contributed by atoms with Gasteiger partial charge in [0, 0.05) is 197 Å².